The van der Waals surface area contributed by atoms with Gasteiger partial charge in [-0.05, 0) is 29.3 Å². The summed E-state index contributed by atoms with van der Waals surface area (Å²) in [6.07, 6.45) is 0.958. The van der Waals surface area contributed by atoms with Gasteiger partial charge in [-0.1, -0.05) is 16.9 Å². The summed E-state index contributed by atoms with van der Waals surface area (Å²) in [5.41, 5.74) is 0. The molecule has 0 saturated heterocycles. The fraction of sp³-hybridized carbons (Fsp3) is 0.538. The molecule has 1 rings (SSSR count). The van der Waals surface area contributed by atoms with E-state index < -0.39 is 27.1 Å². The summed E-state index contributed by atoms with van der Waals surface area (Å²) < 4.78 is 23.8. The highest BCUT2D eigenvalue weighted by atomic mass is 33.1. The van der Waals surface area contributed by atoms with Crippen LogP contribution in [0.5, 0.6) is 0 Å². The van der Waals surface area contributed by atoms with Gasteiger partial charge in [-0.15, -0.1) is 0 Å². The lowest BCUT2D eigenvalue weighted by molar-refractivity contribution is -0.136. The Hall–Kier alpha value is -0.300. The molecule has 7 nitrogen and oxygen atoms in total. The second kappa shape index (κ2) is 10.6. The molecular formula is C13H21NO6P2S2. The number of aliphatic carboxylic acids is 1. The molecule has 0 spiro atoms. The third-order valence-electron chi connectivity index (χ3n) is 2.99. The van der Waals surface area contributed by atoms with Gasteiger partial charge in [0.2, 0.25) is 14.7 Å². The minimum Gasteiger partial charge on any atom is -0.481 e. The van der Waals surface area contributed by atoms with Crippen LogP contribution in [0.3, 0.4) is 0 Å². The van der Waals surface area contributed by atoms with E-state index in [9.17, 15) is 23.7 Å². The molecule has 24 heavy (non-hydrogen) atoms. The largest absolute Gasteiger partial charge is 0.481 e. The monoisotopic (exact) mass is 413 g/mol. The molecule has 1 heterocycles. The SMILES string of the molecule is O=C(O)CCP(=O)(O)CCP(=O)(O)CCCSSc1ccccn1. The lowest BCUT2D eigenvalue weighted by atomic mass is 10.5. The van der Waals surface area contributed by atoms with Gasteiger partial charge in [0.1, 0.15) is 5.03 Å². The number of rotatable bonds is 12. The number of carboxylic acid groups (broad SMARTS) is 1. The Morgan fingerprint density at radius 1 is 1.08 bits per heavy atom. The Morgan fingerprint density at radius 3 is 2.33 bits per heavy atom. The van der Waals surface area contributed by atoms with E-state index in [1.165, 1.54) is 21.6 Å². The molecular weight excluding hydrogens is 392 g/mol. The first-order valence-electron chi connectivity index (χ1n) is 7.24. The van der Waals surface area contributed by atoms with Crippen LogP contribution in [-0.4, -0.2) is 56.2 Å². The van der Waals surface area contributed by atoms with E-state index in [-0.39, 0.29) is 24.6 Å². The molecule has 0 fully saturated rings. The van der Waals surface area contributed by atoms with E-state index >= 15 is 0 Å². The Kier molecular flexibility index (Phi) is 9.64. The second-order valence-electron chi connectivity index (χ2n) is 5.16. The van der Waals surface area contributed by atoms with Crippen LogP contribution < -0.4 is 0 Å². The minimum absolute atomic E-state index is 0.0850. The van der Waals surface area contributed by atoms with Gasteiger partial charge < -0.3 is 14.9 Å². The van der Waals surface area contributed by atoms with Gasteiger partial charge in [0.15, 0.2) is 0 Å². The summed E-state index contributed by atoms with van der Waals surface area (Å²) in [4.78, 5) is 34.0. The van der Waals surface area contributed by atoms with Crippen LogP contribution in [0.25, 0.3) is 0 Å². The van der Waals surface area contributed by atoms with Crippen molar-refractivity contribution >= 4 is 42.3 Å². The maximum absolute atomic E-state index is 12.0. The summed E-state index contributed by atoms with van der Waals surface area (Å²) in [6.45, 7) is 0. The van der Waals surface area contributed by atoms with Crippen LogP contribution in [0, 0.1) is 0 Å². The van der Waals surface area contributed by atoms with Crippen molar-refractivity contribution in [3.8, 4) is 0 Å². The molecule has 0 aliphatic rings. The third-order valence-corrected chi connectivity index (χ3v) is 9.48. The summed E-state index contributed by atoms with van der Waals surface area (Å²) in [7, 11) is -4.10. The fourth-order valence-corrected chi connectivity index (χ4v) is 8.00. The summed E-state index contributed by atoms with van der Waals surface area (Å²) in [6, 6.07) is 5.59. The number of pyridine rings is 1. The van der Waals surface area contributed by atoms with Gasteiger partial charge in [-0.3, -0.25) is 13.9 Å². The minimum atomic E-state index is -3.66. The zero-order valence-corrected chi connectivity index (χ0v) is 16.4. The number of nitrogens with zero attached hydrogens (tertiary/aromatic N) is 1. The second-order valence-corrected chi connectivity index (χ2v) is 12.8. The van der Waals surface area contributed by atoms with Gasteiger partial charge >= 0.3 is 5.97 Å². The van der Waals surface area contributed by atoms with Crippen molar-refractivity contribution in [3.63, 3.8) is 0 Å². The molecule has 2 unspecified atom stereocenters. The Morgan fingerprint density at radius 2 is 1.75 bits per heavy atom. The number of hydrogen-bond acceptors (Lipinski definition) is 6. The fourth-order valence-electron chi connectivity index (χ4n) is 1.68. The van der Waals surface area contributed by atoms with E-state index in [0.29, 0.717) is 12.2 Å². The van der Waals surface area contributed by atoms with Gasteiger partial charge in [-0.2, -0.15) is 0 Å². The maximum Gasteiger partial charge on any atom is 0.303 e. The molecule has 0 aliphatic heterocycles. The van der Waals surface area contributed by atoms with Crippen LogP contribution in [0.2, 0.25) is 0 Å². The lowest BCUT2D eigenvalue weighted by Gasteiger charge is -2.14. The molecule has 2 atom stereocenters. The molecule has 1 aromatic heterocycles. The van der Waals surface area contributed by atoms with E-state index in [1.54, 1.807) is 6.20 Å². The van der Waals surface area contributed by atoms with E-state index in [0.717, 1.165) is 5.03 Å². The van der Waals surface area contributed by atoms with Crippen molar-refractivity contribution in [2.45, 2.75) is 17.9 Å². The summed E-state index contributed by atoms with van der Waals surface area (Å²) in [5.74, 6) is -0.486. The number of carbonyl (C=O) groups is 1. The smallest absolute Gasteiger partial charge is 0.303 e. The first-order valence-corrected chi connectivity index (χ1v) is 13.6. The van der Waals surface area contributed by atoms with Crippen LogP contribution in [-0.2, 0) is 13.9 Å². The van der Waals surface area contributed by atoms with Crippen molar-refractivity contribution in [1.29, 1.82) is 0 Å². The maximum atomic E-state index is 12.0. The highest BCUT2D eigenvalue weighted by Crippen LogP contribution is 2.49. The van der Waals surface area contributed by atoms with Crippen LogP contribution in [0.1, 0.15) is 12.8 Å². The van der Waals surface area contributed by atoms with Crippen LogP contribution >= 0.6 is 36.3 Å². The molecule has 0 saturated carbocycles. The molecule has 0 bridgehead atoms. The Bertz CT molecular complexity index is 616. The van der Waals surface area contributed by atoms with E-state index in [1.807, 2.05) is 18.2 Å². The number of hydrogen-bond donors (Lipinski definition) is 3. The standard InChI is InChI=1S/C13H21NO6P2S2/c15-13(16)5-8-22(19,20)10-9-21(17,18)7-3-11-23-24-12-4-1-2-6-14-12/h1-2,4,6H,3,5,7-11H2,(H,15,16)(H,17,18)(H,19,20). The topological polar surface area (TPSA) is 125 Å². The van der Waals surface area contributed by atoms with Gasteiger partial charge in [-0.25, -0.2) is 4.98 Å². The van der Waals surface area contributed by atoms with Crippen LogP contribution in [0.4, 0.5) is 0 Å². The quantitative estimate of drug-likeness (QED) is 0.269. The van der Waals surface area contributed by atoms with Crippen molar-refractivity contribution in [2.75, 3.05) is 30.4 Å². The zero-order valence-electron chi connectivity index (χ0n) is 13.0. The molecule has 1 aromatic rings. The van der Waals surface area contributed by atoms with E-state index in [2.05, 4.69) is 4.98 Å². The van der Waals surface area contributed by atoms with Crippen molar-refractivity contribution in [2.24, 2.45) is 0 Å². The Labute approximate surface area is 149 Å². The summed E-state index contributed by atoms with van der Waals surface area (Å²) in [5, 5.41) is 9.38. The average Bonchev–Trinajstić information content (AvgIpc) is 2.52. The van der Waals surface area contributed by atoms with Crippen molar-refractivity contribution in [3.05, 3.63) is 24.4 Å². The zero-order chi connectivity index (χ0) is 18.1. The highest BCUT2D eigenvalue weighted by molar-refractivity contribution is 8.76. The molecule has 0 aliphatic carbocycles. The molecule has 0 amide bonds. The van der Waals surface area contributed by atoms with E-state index in [4.69, 9.17) is 5.11 Å². The van der Waals surface area contributed by atoms with Gasteiger partial charge in [0.05, 0.1) is 6.42 Å². The third kappa shape index (κ3) is 10.5. The molecule has 0 radical (unpaired) electrons. The van der Waals surface area contributed by atoms with Crippen molar-refractivity contribution < 1.29 is 28.8 Å². The number of carboxylic acids is 1. The highest BCUT2D eigenvalue weighted by Gasteiger charge is 2.26. The predicted molar refractivity (Wildman–Crippen MR) is 98.5 cm³/mol. The Balaban J connectivity index is 2.22. The lowest BCUT2D eigenvalue weighted by Crippen LogP contribution is -2.06. The molecule has 11 heteroatoms. The van der Waals surface area contributed by atoms with Crippen molar-refractivity contribution in [1.82, 2.24) is 4.98 Å². The molecule has 136 valence electrons. The normalized spacial score (nSPS) is 16.2. The average molecular weight is 413 g/mol. The molecule has 3 N–H and O–H groups in total. The summed E-state index contributed by atoms with van der Waals surface area (Å²) >= 11 is 0. The van der Waals surface area contributed by atoms with Gasteiger partial charge in [0, 0.05) is 36.6 Å². The predicted octanol–water partition coefficient (Wildman–Crippen LogP) is 3.23. The first kappa shape index (κ1) is 21.7. The molecule has 0 aromatic carbocycles. The van der Waals surface area contributed by atoms with Gasteiger partial charge in [0.25, 0.3) is 0 Å². The van der Waals surface area contributed by atoms with Crippen LogP contribution in [0.15, 0.2) is 29.4 Å². The number of aromatic nitrogens is 1. The first-order chi connectivity index (χ1) is 11.2.